The summed E-state index contributed by atoms with van der Waals surface area (Å²) in [6.07, 6.45) is 7.72. The van der Waals surface area contributed by atoms with E-state index in [2.05, 4.69) is 25.9 Å². The molecule has 2 aromatic heterocycles. The Bertz CT molecular complexity index is 1310. The van der Waals surface area contributed by atoms with Crippen LogP contribution in [-0.2, 0) is 6.54 Å². The fourth-order valence-corrected chi connectivity index (χ4v) is 4.28. The van der Waals surface area contributed by atoms with Crippen molar-refractivity contribution in [1.29, 1.82) is 0 Å². The standard InChI is InChI=1S/C24H25N7O3S/c1-16-5-3-6-17(2)22(16)29-23(32)21-14-27-24(35-21)28-19-13-18(7-8-20(19)31(33)34)26-9-4-11-30-12-10-25-15-30/h3,5-8,10,12-15,26H,4,9,11H2,1-2H3,(H,27,28)(H,29,32). The maximum atomic E-state index is 12.8. The van der Waals surface area contributed by atoms with Gasteiger partial charge in [0, 0.05) is 42.9 Å². The molecule has 11 heteroatoms. The number of amides is 1. The van der Waals surface area contributed by atoms with E-state index in [0.29, 0.717) is 22.2 Å². The molecule has 4 aromatic rings. The molecule has 0 aliphatic carbocycles. The first-order valence-electron chi connectivity index (χ1n) is 11.0. The number of carbonyl (C=O) groups is 1. The smallest absolute Gasteiger partial charge is 0.292 e. The van der Waals surface area contributed by atoms with Crippen molar-refractivity contribution >= 4 is 45.1 Å². The maximum Gasteiger partial charge on any atom is 0.292 e. The lowest BCUT2D eigenvalue weighted by molar-refractivity contribution is -0.383. The first-order chi connectivity index (χ1) is 16.9. The molecule has 4 rings (SSSR count). The molecule has 0 bridgehead atoms. The second-order valence-electron chi connectivity index (χ2n) is 7.95. The average Bonchev–Trinajstić information content (AvgIpc) is 3.51. The number of carbonyl (C=O) groups excluding carboxylic acids is 1. The molecule has 0 atom stereocenters. The summed E-state index contributed by atoms with van der Waals surface area (Å²) in [7, 11) is 0. The van der Waals surface area contributed by atoms with Crippen molar-refractivity contribution < 1.29 is 9.72 Å². The van der Waals surface area contributed by atoms with Crippen LogP contribution in [-0.4, -0.2) is 31.9 Å². The zero-order chi connectivity index (χ0) is 24.8. The number of anilines is 4. The van der Waals surface area contributed by atoms with Crippen LogP contribution in [0.15, 0.2) is 61.3 Å². The van der Waals surface area contributed by atoms with Crippen molar-refractivity contribution in [3.8, 4) is 0 Å². The highest BCUT2D eigenvalue weighted by Gasteiger charge is 2.18. The topological polar surface area (TPSA) is 127 Å². The minimum absolute atomic E-state index is 0.0781. The maximum absolute atomic E-state index is 12.8. The van der Waals surface area contributed by atoms with Crippen LogP contribution in [0, 0.1) is 24.0 Å². The van der Waals surface area contributed by atoms with Gasteiger partial charge in [0.25, 0.3) is 11.6 Å². The normalized spacial score (nSPS) is 10.7. The molecule has 0 radical (unpaired) electrons. The Kier molecular flexibility index (Phi) is 7.36. The van der Waals surface area contributed by atoms with Crippen LogP contribution in [0.5, 0.6) is 0 Å². The van der Waals surface area contributed by atoms with Crippen LogP contribution < -0.4 is 16.0 Å². The molecular weight excluding hydrogens is 466 g/mol. The fraction of sp³-hybridized carbons (Fsp3) is 0.208. The van der Waals surface area contributed by atoms with E-state index in [4.69, 9.17) is 0 Å². The van der Waals surface area contributed by atoms with Gasteiger partial charge in [-0.1, -0.05) is 29.5 Å². The Morgan fingerprint density at radius 3 is 2.71 bits per heavy atom. The molecule has 180 valence electrons. The predicted molar refractivity (Wildman–Crippen MR) is 138 cm³/mol. The van der Waals surface area contributed by atoms with E-state index >= 15 is 0 Å². The van der Waals surface area contributed by atoms with Gasteiger partial charge in [-0.3, -0.25) is 14.9 Å². The van der Waals surface area contributed by atoms with Crippen molar-refractivity contribution in [2.24, 2.45) is 0 Å². The van der Waals surface area contributed by atoms with Crippen molar-refractivity contribution in [2.75, 3.05) is 22.5 Å². The van der Waals surface area contributed by atoms with Gasteiger partial charge in [-0.15, -0.1) is 0 Å². The van der Waals surface area contributed by atoms with Crippen LogP contribution in [0.3, 0.4) is 0 Å². The van der Waals surface area contributed by atoms with Gasteiger partial charge in [0.15, 0.2) is 5.13 Å². The minimum Gasteiger partial charge on any atom is -0.385 e. The predicted octanol–water partition coefficient (Wildman–Crippen LogP) is 5.36. The number of aromatic nitrogens is 3. The second-order valence-corrected chi connectivity index (χ2v) is 8.98. The molecule has 0 saturated heterocycles. The Hall–Kier alpha value is -4.25. The minimum atomic E-state index is -0.451. The summed E-state index contributed by atoms with van der Waals surface area (Å²) in [6.45, 7) is 5.37. The number of nitro benzene ring substituents is 1. The summed E-state index contributed by atoms with van der Waals surface area (Å²) in [6, 6.07) is 10.6. The van der Waals surface area contributed by atoms with Crippen LogP contribution in [0.2, 0.25) is 0 Å². The number of rotatable bonds is 10. The number of hydrogen-bond donors (Lipinski definition) is 3. The molecule has 0 aliphatic heterocycles. The summed E-state index contributed by atoms with van der Waals surface area (Å²) in [5.74, 6) is -0.282. The lowest BCUT2D eigenvalue weighted by Gasteiger charge is -2.10. The van der Waals surface area contributed by atoms with Gasteiger partial charge in [0.2, 0.25) is 0 Å². The summed E-state index contributed by atoms with van der Waals surface area (Å²) in [5, 5.41) is 21.2. The quantitative estimate of drug-likeness (QED) is 0.155. The highest BCUT2D eigenvalue weighted by molar-refractivity contribution is 7.17. The van der Waals surface area contributed by atoms with Gasteiger partial charge >= 0.3 is 0 Å². The van der Waals surface area contributed by atoms with Crippen molar-refractivity contribution in [3.05, 3.63) is 87.4 Å². The number of imidazole rings is 1. The number of thiazole rings is 1. The van der Waals surface area contributed by atoms with Gasteiger partial charge in [-0.05, 0) is 43.5 Å². The molecule has 0 fully saturated rings. The van der Waals surface area contributed by atoms with E-state index in [0.717, 1.165) is 46.8 Å². The Labute approximate surface area is 206 Å². The monoisotopic (exact) mass is 491 g/mol. The number of para-hydroxylation sites is 1. The van der Waals surface area contributed by atoms with E-state index < -0.39 is 4.92 Å². The summed E-state index contributed by atoms with van der Waals surface area (Å²) < 4.78 is 1.99. The Morgan fingerprint density at radius 2 is 2.00 bits per heavy atom. The highest BCUT2D eigenvalue weighted by Crippen LogP contribution is 2.32. The van der Waals surface area contributed by atoms with Crippen LogP contribution in [0.4, 0.5) is 27.9 Å². The average molecular weight is 492 g/mol. The van der Waals surface area contributed by atoms with Crippen LogP contribution >= 0.6 is 11.3 Å². The number of aryl methyl sites for hydroxylation is 3. The van der Waals surface area contributed by atoms with Gasteiger partial charge in [0.05, 0.1) is 17.4 Å². The summed E-state index contributed by atoms with van der Waals surface area (Å²) in [5.41, 5.74) is 3.66. The molecule has 1 amide bonds. The molecule has 10 nitrogen and oxygen atoms in total. The molecule has 2 heterocycles. The van der Waals surface area contributed by atoms with Gasteiger partial charge in [-0.25, -0.2) is 9.97 Å². The molecular formula is C24H25N7O3S. The number of nitro groups is 1. The van der Waals surface area contributed by atoms with Gasteiger partial charge in [-0.2, -0.15) is 0 Å². The highest BCUT2D eigenvalue weighted by atomic mass is 32.1. The third-order valence-electron chi connectivity index (χ3n) is 5.37. The third kappa shape index (κ3) is 6.01. The zero-order valence-electron chi connectivity index (χ0n) is 19.3. The van der Waals surface area contributed by atoms with Crippen molar-refractivity contribution in [2.45, 2.75) is 26.8 Å². The summed E-state index contributed by atoms with van der Waals surface area (Å²) in [4.78, 5) is 32.5. The van der Waals surface area contributed by atoms with E-state index in [9.17, 15) is 14.9 Å². The SMILES string of the molecule is Cc1cccc(C)c1NC(=O)c1cnc(Nc2cc(NCCCn3ccnc3)ccc2[N+](=O)[O-])s1. The lowest BCUT2D eigenvalue weighted by Crippen LogP contribution is -2.12. The fourth-order valence-electron chi connectivity index (χ4n) is 3.56. The largest absolute Gasteiger partial charge is 0.385 e. The van der Waals surface area contributed by atoms with E-state index in [1.807, 2.05) is 42.8 Å². The van der Waals surface area contributed by atoms with Crippen LogP contribution in [0.25, 0.3) is 0 Å². The molecule has 0 unspecified atom stereocenters. The lowest BCUT2D eigenvalue weighted by atomic mass is 10.1. The summed E-state index contributed by atoms with van der Waals surface area (Å²) >= 11 is 1.13. The molecule has 2 aromatic carbocycles. The molecule has 0 spiro atoms. The van der Waals surface area contributed by atoms with Crippen molar-refractivity contribution in [3.63, 3.8) is 0 Å². The Balaban J connectivity index is 1.43. The van der Waals surface area contributed by atoms with E-state index in [-0.39, 0.29) is 11.6 Å². The molecule has 35 heavy (non-hydrogen) atoms. The number of hydrogen-bond acceptors (Lipinski definition) is 8. The van der Waals surface area contributed by atoms with E-state index in [1.54, 1.807) is 24.7 Å². The van der Waals surface area contributed by atoms with Gasteiger partial charge in [0.1, 0.15) is 10.6 Å². The second kappa shape index (κ2) is 10.8. The number of nitrogens with zero attached hydrogens (tertiary/aromatic N) is 4. The Morgan fingerprint density at radius 1 is 1.20 bits per heavy atom. The van der Waals surface area contributed by atoms with Crippen LogP contribution in [0.1, 0.15) is 27.2 Å². The molecule has 3 N–H and O–H groups in total. The van der Waals surface area contributed by atoms with E-state index in [1.165, 1.54) is 12.3 Å². The molecule has 0 saturated carbocycles. The van der Waals surface area contributed by atoms with Gasteiger partial charge < -0.3 is 20.5 Å². The van der Waals surface area contributed by atoms with Crippen molar-refractivity contribution in [1.82, 2.24) is 14.5 Å². The number of nitrogens with one attached hydrogen (secondary N) is 3. The zero-order valence-corrected chi connectivity index (χ0v) is 20.1. The number of benzene rings is 2. The molecule has 0 aliphatic rings. The third-order valence-corrected chi connectivity index (χ3v) is 6.28. The first kappa shape index (κ1) is 23.9. The first-order valence-corrected chi connectivity index (χ1v) is 11.8.